The number of aliphatic carboxylic acids is 6. The van der Waals surface area contributed by atoms with Crippen LogP contribution in [0.5, 0.6) is 0 Å². The Balaban J connectivity index is -0.000000165. The Bertz CT molecular complexity index is 571. The molecule has 0 aromatic carbocycles. The van der Waals surface area contributed by atoms with E-state index in [0.29, 0.717) is 0 Å². The summed E-state index contributed by atoms with van der Waals surface area (Å²) >= 11 is 7.30. The summed E-state index contributed by atoms with van der Waals surface area (Å²) in [6, 6.07) is -4.21. The third-order valence-corrected chi connectivity index (χ3v) is 3.24. The quantitative estimate of drug-likeness (QED) is 0.127. The van der Waals surface area contributed by atoms with Gasteiger partial charge in [0.15, 0.2) is 0 Å². The number of hydrogen-bond donors (Lipinski definition) is 12. The van der Waals surface area contributed by atoms with Gasteiger partial charge in [-0.1, -0.05) is 0 Å². The topological polar surface area (TPSA) is 328 Å². The SMILES string of the molecule is NC(CC(=O)O)C(=O)O.NC(CC(=O)O)C(=O)O.NC(CS)C(=O)O.NC(CS)C(=O)O. The fraction of sp³-hybridized carbons (Fsp3) is 0.571. The van der Waals surface area contributed by atoms with Crippen molar-refractivity contribution >= 4 is 61.1 Å². The lowest BCUT2D eigenvalue weighted by molar-refractivity contribution is -0.144. The standard InChI is InChI=1S/2C4H7NO4.2C3H7NO2S/c2*5-2(4(8)9)1-3(6)7;2*4-2(1-7)3(5)6/h2*2H,1,5H2,(H,6,7)(H,8,9);2*2,7H,1,4H2,(H,5,6). The Kier molecular flexibility index (Phi) is 24.8. The van der Waals surface area contributed by atoms with Crippen molar-refractivity contribution < 1.29 is 59.4 Å². The molecule has 14 N–H and O–H groups in total. The lowest BCUT2D eigenvalue weighted by Crippen LogP contribution is -2.32. The third-order valence-electron chi connectivity index (χ3n) is 2.45. The van der Waals surface area contributed by atoms with E-state index in [2.05, 4.69) is 25.3 Å². The molecule has 18 heteroatoms. The van der Waals surface area contributed by atoms with Crippen LogP contribution in [0.1, 0.15) is 12.8 Å². The molecule has 0 rings (SSSR count). The fourth-order valence-electron chi connectivity index (χ4n) is 0.707. The summed E-state index contributed by atoms with van der Waals surface area (Å²) in [5.74, 6) is -6.63. The smallest absolute Gasteiger partial charge is 0.321 e. The molecule has 0 aliphatic rings. The molecular weight excluding hydrogens is 480 g/mol. The van der Waals surface area contributed by atoms with E-state index in [-0.39, 0.29) is 11.5 Å². The van der Waals surface area contributed by atoms with Gasteiger partial charge in [-0.3, -0.25) is 28.8 Å². The third kappa shape index (κ3) is 29.6. The second-order valence-electron chi connectivity index (χ2n) is 5.34. The van der Waals surface area contributed by atoms with Gasteiger partial charge in [0.25, 0.3) is 0 Å². The predicted octanol–water partition coefficient (Wildman–Crippen LogP) is -3.60. The van der Waals surface area contributed by atoms with Gasteiger partial charge in [0.1, 0.15) is 24.2 Å². The summed E-state index contributed by atoms with van der Waals surface area (Å²) < 4.78 is 0. The zero-order valence-corrected chi connectivity index (χ0v) is 18.3. The van der Waals surface area contributed by atoms with Crippen LogP contribution in [0.4, 0.5) is 0 Å². The molecule has 32 heavy (non-hydrogen) atoms. The van der Waals surface area contributed by atoms with Crippen molar-refractivity contribution in [3.05, 3.63) is 0 Å². The first kappa shape index (κ1) is 36.7. The Morgan fingerprint density at radius 3 is 0.719 bits per heavy atom. The molecular formula is C14H28N4O12S2. The van der Waals surface area contributed by atoms with E-state index in [1.165, 1.54) is 0 Å². The van der Waals surface area contributed by atoms with Crippen LogP contribution < -0.4 is 22.9 Å². The van der Waals surface area contributed by atoms with Crippen molar-refractivity contribution in [2.45, 2.75) is 37.0 Å². The Hall–Kier alpha value is -2.64. The lowest BCUT2D eigenvalue weighted by Gasteiger charge is -1.99. The molecule has 188 valence electrons. The zero-order chi connectivity index (χ0) is 26.6. The number of hydrogen-bond acceptors (Lipinski definition) is 12. The Labute approximate surface area is 192 Å². The van der Waals surface area contributed by atoms with Crippen molar-refractivity contribution in [2.24, 2.45) is 22.9 Å². The van der Waals surface area contributed by atoms with Gasteiger partial charge in [-0.15, -0.1) is 0 Å². The average Bonchev–Trinajstić information content (AvgIpc) is 2.66. The molecule has 4 unspecified atom stereocenters. The molecule has 0 saturated heterocycles. The molecule has 0 saturated carbocycles. The van der Waals surface area contributed by atoms with Crippen LogP contribution in [0, 0.1) is 0 Å². The molecule has 0 radical (unpaired) electrons. The lowest BCUT2D eigenvalue weighted by atomic mass is 10.2. The van der Waals surface area contributed by atoms with Crippen molar-refractivity contribution in [3.8, 4) is 0 Å². The Morgan fingerprint density at radius 1 is 0.500 bits per heavy atom. The first-order chi connectivity index (χ1) is 14.4. The first-order valence-corrected chi connectivity index (χ1v) is 9.29. The molecule has 0 heterocycles. The van der Waals surface area contributed by atoms with E-state index in [9.17, 15) is 28.8 Å². The maximum Gasteiger partial charge on any atom is 0.321 e. The van der Waals surface area contributed by atoms with Crippen molar-refractivity contribution in [1.82, 2.24) is 0 Å². The van der Waals surface area contributed by atoms with Gasteiger partial charge in [0.05, 0.1) is 12.8 Å². The Morgan fingerprint density at radius 2 is 0.688 bits per heavy atom. The van der Waals surface area contributed by atoms with Crippen LogP contribution in [-0.4, -0.2) is 102 Å². The number of rotatable bonds is 10. The average molecular weight is 509 g/mol. The molecule has 0 bridgehead atoms. The van der Waals surface area contributed by atoms with Gasteiger partial charge < -0.3 is 53.6 Å². The van der Waals surface area contributed by atoms with Crippen LogP contribution in [0.15, 0.2) is 0 Å². The van der Waals surface area contributed by atoms with Crippen LogP contribution in [0.25, 0.3) is 0 Å². The fourth-order valence-corrected chi connectivity index (χ4v) is 1.02. The van der Waals surface area contributed by atoms with Gasteiger partial charge in [0, 0.05) is 11.5 Å². The molecule has 0 amide bonds. The van der Waals surface area contributed by atoms with E-state index in [4.69, 9.17) is 53.6 Å². The number of carbonyl (C=O) groups is 6. The second kappa shape index (κ2) is 21.6. The minimum atomic E-state index is -1.29. The normalized spacial score (nSPS) is 12.9. The molecule has 16 nitrogen and oxygen atoms in total. The number of carboxylic acids is 6. The minimum Gasteiger partial charge on any atom is -0.481 e. The van der Waals surface area contributed by atoms with Gasteiger partial charge >= 0.3 is 35.8 Å². The number of nitrogens with two attached hydrogens (primary N) is 4. The molecule has 4 atom stereocenters. The summed E-state index contributed by atoms with van der Waals surface area (Å²) in [7, 11) is 0. The maximum atomic E-state index is 9.85. The van der Waals surface area contributed by atoms with Crippen molar-refractivity contribution in [2.75, 3.05) is 11.5 Å². The summed E-state index contributed by atoms with van der Waals surface area (Å²) in [6.07, 6.45) is -1.06. The maximum absolute atomic E-state index is 9.85. The monoisotopic (exact) mass is 508 g/mol. The van der Waals surface area contributed by atoms with Crippen LogP contribution in [0.3, 0.4) is 0 Å². The highest BCUT2D eigenvalue weighted by atomic mass is 32.1. The largest absolute Gasteiger partial charge is 0.481 e. The minimum absolute atomic E-state index is 0.190. The zero-order valence-electron chi connectivity index (χ0n) is 16.5. The van der Waals surface area contributed by atoms with Crippen LogP contribution >= 0.6 is 25.3 Å². The van der Waals surface area contributed by atoms with Gasteiger partial charge in [-0.2, -0.15) is 25.3 Å². The molecule has 0 aliphatic heterocycles. The van der Waals surface area contributed by atoms with E-state index >= 15 is 0 Å². The highest BCUT2D eigenvalue weighted by molar-refractivity contribution is 7.80. The van der Waals surface area contributed by atoms with Crippen molar-refractivity contribution in [3.63, 3.8) is 0 Å². The molecule has 0 aliphatic carbocycles. The molecule has 0 spiro atoms. The predicted molar refractivity (Wildman–Crippen MR) is 115 cm³/mol. The highest BCUT2D eigenvalue weighted by Crippen LogP contribution is 1.86. The molecule has 0 aromatic heterocycles. The van der Waals surface area contributed by atoms with E-state index in [0.717, 1.165) is 0 Å². The van der Waals surface area contributed by atoms with Gasteiger partial charge in [-0.05, 0) is 0 Å². The van der Waals surface area contributed by atoms with Crippen LogP contribution in [-0.2, 0) is 28.8 Å². The molecule has 0 aromatic rings. The van der Waals surface area contributed by atoms with E-state index in [1.807, 2.05) is 0 Å². The molecule has 0 fully saturated rings. The summed E-state index contributed by atoms with van der Waals surface area (Å²) in [6.45, 7) is 0. The summed E-state index contributed by atoms with van der Waals surface area (Å²) in [5, 5.41) is 48.1. The van der Waals surface area contributed by atoms with Gasteiger partial charge in [0.2, 0.25) is 0 Å². The summed E-state index contributed by atoms with van der Waals surface area (Å²) in [4.78, 5) is 58.7. The number of thiol groups is 2. The van der Waals surface area contributed by atoms with E-state index < -0.39 is 72.8 Å². The second-order valence-corrected chi connectivity index (χ2v) is 6.07. The number of carboxylic acid groups (broad SMARTS) is 6. The van der Waals surface area contributed by atoms with Crippen LogP contribution in [0.2, 0.25) is 0 Å². The van der Waals surface area contributed by atoms with E-state index in [1.54, 1.807) is 0 Å². The highest BCUT2D eigenvalue weighted by Gasteiger charge is 2.15. The van der Waals surface area contributed by atoms with Gasteiger partial charge in [-0.25, -0.2) is 0 Å². The summed E-state index contributed by atoms with van der Waals surface area (Å²) in [5.41, 5.74) is 19.6. The first-order valence-electron chi connectivity index (χ1n) is 8.03. The van der Waals surface area contributed by atoms with Crippen molar-refractivity contribution in [1.29, 1.82) is 0 Å².